The molecular formula is C23H20N2O4. The molecule has 6 nitrogen and oxygen atoms in total. The summed E-state index contributed by atoms with van der Waals surface area (Å²) in [5, 5.41) is 5.70. The van der Waals surface area contributed by atoms with Gasteiger partial charge in [0.2, 0.25) is 6.79 Å². The van der Waals surface area contributed by atoms with Crippen LogP contribution in [0.25, 0.3) is 0 Å². The van der Waals surface area contributed by atoms with E-state index in [0.29, 0.717) is 34.9 Å². The lowest BCUT2D eigenvalue weighted by Gasteiger charge is -2.12. The zero-order valence-electron chi connectivity index (χ0n) is 15.9. The summed E-state index contributed by atoms with van der Waals surface area (Å²) in [5.74, 6) is 0.549. The van der Waals surface area contributed by atoms with Gasteiger partial charge >= 0.3 is 0 Å². The third kappa shape index (κ3) is 4.21. The topological polar surface area (TPSA) is 76.7 Å². The van der Waals surface area contributed by atoms with Crippen LogP contribution >= 0.6 is 0 Å². The molecule has 0 bridgehead atoms. The predicted octanol–water partition coefficient (Wildman–Crippen LogP) is 3.91. The Morgan fingerprint density at radius 3 is 2.48 bits per heavy atom. The Labute approximate surface area is 168 Å². The van der Waals surface area contributed by atoms with Crippen molar-refractivity contribution in [3.63, 3.8) is 0 Å². The van der Waals surface area contributed by atoms with Crippen molar-refractivity contribution < 1.29 is 19.1 Å². The Kier molecular flexibility index (Phi) is 5.16. The minimum absolute atomic E-state index is 0.143. The maximum Gasteiger partial charge on any atom is 0.255 e. The first-order chi connectivity index (χ1) is 14.1. The third-order valence-electron chi connectivity index (χ3n) is 4.63. The van der Waals surface area contributed by atoms with Crippen LogP contribution in [0.1, 0.15) is 31.8 Å². The van der Waals surface area contributed by atoms with E-state index in [0.717, 1.165) is 11.1 Å². The number of anilines is 1. The van der Waals surface area contributed by atoms with Crippen LogP contribution in [-0.2, 0) is 6.54 Å². The van der Waals surface area contributed by atoms with Crippen LogP contribution in [0.15, 0.2) is 66.7 Å². The molecule has 4 rings (SSSR count). The number of amides is 2. The van der Waals surface area contributed by atoms with E-state index < -0.39 is 0 Å². The molecule has 3 aromatic rings. The molecule has 0 atom stereocenters. The maximum atomic E-state index is 12.7. The van der Waals surface area contributed by atoms with Gasteiger partial charge in [0, 0.05) is 12.1 Å². The van der Waals surface area contributed by atoms with Crippen LogP contribution in [0.3, 0.4) is 0 Å². The van der Waals surface area contributed by atoms with Crippen LogP contribution in [0, 0.1) is 6.92 Å². The molecule has 29 heavy (non-hydrogen) atoms. The highest BCUT2D eigenvalue weighted by Gasteiger charge is 2.18. The molecule has 146 valence electrons. The van der Waals surface area contributed by atoms with Gasteiger partial charge in [-0.1, -0.05) is 42.0 Å². The first-order valence-corrected chi connectivity index (χ1v) is 9.24. The van der Waals surface area contributed by atoms with Gasteiger partial charge in [-0.25, -0.2) is 0 Å². The van der Waals surface area contributed by atoms with Crippen LogP contribution in [0.5, 0.6) is 11.5 Å². The van der Waals surface area contributed by atoms with E-state index in [1.165, 1.54) is 0 Å². The van der Waals surface area contributed by atoms with E-state index in [2.05, 4.69) is 10.6 Å². The summed E-state index contributed by atoms with van der Waals surface area (Å²) in [4.78, 5) is 25.3. The zero-order chi connectivity index (χ0) is 20.2. The summed E-state index contributed by atoms with van der Waals surface area (Å²) in [6, 6.07) is 19.8. The molecule has 0 spiro atoms. The van der Waals surface area contributed by atoms with Crippen molar-refractivity contribution in [3.8, 4) is 11.5 Å². The summed E-state index contributed by atoms with van der Waals surface area (Å²) in [6.07, 6.45) is 0. The van der Waals surface area contributed by atoms with Gasteiger partial charge in [0.15, 0.2) is 11.5 Å². The van der Waals surface area contributed by atoms with Gasteiger partial charge in [-0.2, -0.15) is 0 Å². The second-order valence-corrected chi connectivity index (χ2v) is 6.74. The van der Waals surface area contributed by atoms with Crippen molar-refractivity contribution in [3.05, 3.63) is 89.0 Å². The highest BCUT2D eigenvalue weighted by Crippen LogP contribution is 2.32. The van der Waals surface area contributed by atoms with Crippen molar-refractivity contribution in [1.29, 1.82) is 0 Å². The van der Waals surface area contributed by atoms with Crippen LogP contribution in [0.4, 0.5) is 5.69 Å². The van der Waals surface area contributed by atoms with Gasteiger partial charge in [-0.3, -0.25) is 9.59 Å². The Hall–Kier alpha value is -3.80. The quantitative estimate of drug-likeness (QED) is 0.695. The molecule has 1 heterocycles. The van der Waals surface area contributed by atoms with Crippen LogP contribution in [-0.4, -0.2) is 18.6 Å². The molecule has 2 amide bonds. The van der Waals surface area contributed by atoms with Gasteiger partial charge in [0.25, 0.3) is 11.8 Å². The van der Waals surface area contributed by atoms with Crippen molar-refractivity contribution in [2.45, 2.75) is 13.5 Å². The van der Waals surface area contributed by atoms with E-state index in [1.54, 1.807) is 42.5 Å². The van der Waals surface area contributed by atoms with E-state index in [1.807, 2.05) is 31.2 Å². The summed E-state index contributed by atoms with van der Waals surface area (Å²) in [5.41, 5.74) is 3.43. The number of aryl methyl sites for hydroxylation is 1. The largest absolute Gasteiger partial charge is 0.454 e. The number of rotatable bonds is 5. The number of fused-ring (bicyclic) bond motifs is 1. The molecule has 0 radical (unpaired) electrons. The SMILES string of the molecule is Cc1ccc(CNC(=O)c2ccccc2NC(=O)c2ccc3c(c2)OCO3)cc1. The van der Waals surface area contributed by atoms with Crippen molar-refractivity contribution in [2.75, 3.05) is 12.1 Å². The molecule has 0 fully saturated rings. The molecule has 0 saturated carbocycles. The summed E-state index contributed by atoms with van der Waals surface area (Å²) >= 11 is 0. The molecule has 0 aliphatic carbocycles. The van der Waals surface area contributed by atoms with Crippen molar-refractivity contribution >= 4 is 17.5 Å². The molecule has 1 aliphatic rings. The molecule has 0 aromatic heterocycles. The van der Waals surface area contributed by atoms with Gasteiger partial charge in [0.05, 0.1) is 11.3 Å². The Bertz CT molecular complexity index is 1060. The predicted molar refractivity (Wildman–Crippen MR) is 109 cm³/mol. The summed E-state index contributed by atoms with van der Waals surface area (Å²) in [7, 11) is 0. The fraction of sp³-hybridized carbons (Fsp3) is 0.130. The fourth-order valence-electron chi connectivity index (χ4n) is 3.01. The number of carbonyl (C=O) groups is 2. The standard InChI is InChI=1S/C23H20N2O4/c1-15-6-8-16(9-7-15)13-24-23(27)18-4-2-3-5-19(18)25-22(26)17-10-11-20-21(12-17)29-14-28-20/h2-12H,13-14H2,1H3,(H,24,27)(H,25,26). The molecule has 0 unspecified atom stereocenters. The van der Waals surface area contributed by atoms with E-state index in [4.69, 9.17) is 9.47 Å². The minimum Gasteiger partial charge on any atom is -0.454 e. The van der Waals surface area contributed by atoms with Gasteiger partial charge in [-0.15, -0.1) is 0 Å². The minimum atomic E-state index is -0.331. The Morgan fingerprint density at radius 2 is 1.66 bits per heavy atom. The molecule has 1 aliphatic heterocycles. The van der Waals surface area contributed by atoms with Crippen LogP contribution < -0.4 is 20.1 Å². The van der Waals surface area contributed by atoms with Gasteiger partial charge in [-0.05, 0) is 42.8 Å². The van der Waals surface area contributed by atoms with Gasteiger partial charge in [0.1, 0.15) is 0 Å². The first-order valence-electron chi connectivity index (χ1n) is 9.24. The number of carbonyl (C=O) groups excluding carboxylic acids is 2. The second-order valence-electron chi connectivity index (χ2n) is 6.74. The number of nitrogens with one attached hydrogen (secondary N) is 2. The van der Waals surface area contributed by atoms with E-state index in [-0.39, 0.29) is 18.6 Å². The number of para-hydroxylation sites is 1. The van der Waals surface area contributed by atoms with E-state index in [9.17, 15) is 9.59 Å². The lowest BCUT2D eigenvalue weighted by atomic mass is 10.1. The lowest BCUT2D eigenvalue weighted by Crippen LogP contribution is -2.24. The molecular weight excluding hydrogens is 368 g/mol. The summed E-state index contributed by atoms with van der Waals surface area (Å²) in [6.45, 7) is 2.56. The highest BCUT2D eigenvalue weighted by molar-refractivity contribution is 6.09. The lowest BCUT2D eigenvalue weighted by molar-refractivity contribution is 0.0951. The van der Waals surface area contributed by atoms with Crippen molar-refractivity contribution in [1.82, 2.24) is 5.32 Å². The molecule has 2 N–H and O–H groups in total. The average Bonchev–Trinajstić information content (AvgIpc) is 3.21. The molecule has 6 heteroatoms. The fourth-order valence-corrected chi connectivity index (χ4v) is 3.01. The number of benzene rings is 3. The Balaban J connectivity index is 1.46. The smallest absolute Gasteiger partial charge is 0.255 e. The average molecular weight is 388 g/mol. The number of ether oxygens (including phenoxy) is 2. The van der Waals surface area contributed by atoms with Crippen molar-refractivity contribution in [2.24, 2.45) is 0 Å². The first kappa shape index (κ1) is 18.6. The number of hydrogen-bond donors (Lipinski definition) is 2. The summed E-state index contributed by atoms with van der Waals surface area (Å²) < 4.78 is 10.6. The number of hydrogen-bond acceptors (Lipinski definition) is 4. The van der Waals surface area contributed by atoms with E-state index >= 15 is 0 Å². The second kappa shape index (κ2) is 8.06. The monoisotopic (exact) mass is 388 g/mol. The highest BCUT2D eigenvalue weighted by atomic mass is 16.7. The van der Waals surface area contributed by atoms with Crippen LogP contribution in [0.2, 0.25) is 0 Å². The van der Waals surface area contributed by atoms with Gasteiger partial charge < -0.3 is 20.1 Å². The molecule has 0 saturated heterocycles. The molecule has 3 aromatic carbocycles. The third-order valence-corrected chi connectivity index (χ3v) is 4.63. The Morgan fingerprint density at radius 1 is 0.897 bits per heavy atom. The normalized spacial score (nSPS) is 11.8. The zero-order valence-corrected chi connectivity index (χ0v) is 15.9. The maximum absolute atomic E-state index is 12.7.